The lowest BCUT2D eigenvalue weighted by atomic mass is 9.88. The molecule has 0 saturated carbocycles. The first-order valence-electron chi connectivity index (χ1n) is 16.1. The van der Waals surface area contributed by atoms with Crippen molar-refractivity contribution in [3.63, 3.8) is 0 Å². The van der Waals surface area contributed by atoms with Crippen molar-refractivity contribution in [2.75, 3.05) is 29.3 Å². The van der Waals surface area contributed by atoms with Crippen LogP contribution in [-0.2, 0) is 36.4 Å². The number of nitrogens with one attached hydrogen (secondary N) is 3. The molecule has 4 N–H and O–H groups in total. The van der Waals surface area contributed by atoms with Crippen LogP contribution in [-0.4, -0.2) is 76.9 Å². The van der Waals surface area contributed by atoms with Gasteiger partial charge in [-0.25, -0.2) is 18.2 Å². The first kappa shape index (κ1) is 33.2. The van der Waals surface area contributed by atoms with Gasteiger partial charge in [0.2, 0.25) is 17.7 Å². The molecule has 262 valence electrons. The molecule has 0 spiro atoms. The number of aromatic nitrogens is 2. The summed E-state index contributed by atoms with van der Waals surface area (Å²) in [5.74, 6) is -3.50. The minimum absolute atomic E-state index is 0.00809. The number of imidazole rings is 1. The maximum atomic E-state index is 15.5. The number of anilines is 2. The zero-order chi connectivity index (χ0) is 35.6. The molecule has 0 bridgehead atoms. The third-order valence-corrected chi connectivity index (χ3v) is 11.3. The van der Waals surface area contributed by atoms with Crippen LogP contribution < -0.4 is 25.4 Å². The van der Waals surface area contributed by atoms with E-state index in [2.05, 4.69) is 15.5 Å². The molecule has 0 aliphatic carbocycles. The number of imide groups is 1. The number of rotatable bonds is 6. The Morgan fingerprint density at radius 2 is 1.74 bits per heavy atom. The number of fused-ring (bicyclic) bond motifs is 2. The van der Waals surface area contributed by atoms with Crippen molar-refractivity contribution in [3.05, 3.63) is 64.3 Å². The number of aromatic hydroxyl groups is 1. The largest absolute Gasteiger partial charge is 0.506 e. The van der Waals surface area contributed by atoms with Crippen LogP contribution in [0.15, 0.2) is 47.3 Å². The van der Waals surface area contributed by atoms with Gasteiger partial charge in [0.1, 0.15) is 24.0 Å². The molecule has 4 aromatic rings. The fourth-order valence-corrected chi connectivity index (χ4v) is 8.36. The van der Waals surface area contributed by atoms with Crippen LogP contribution in [0.1, 0.15) is 50.1 Å². The summed E-state index contributed by atoms with van der Waals surface area (Å²) >= 11 is 0. The van der Waals surface area contributed by atoms with Gasteiger partial charge in [-0.3, -0.25) is 38.5 Å². The van der Waals surface area contributed by atoms with Gasteiger partial charge < -0.3 is 10.4 Å². The Balaban J connectivity index is 1.02. The standard InChI is InChI=1S/C33H34FN7O8S/c1-17(31(45)35-21-4-5-22-20(13-21)15-26(42)30(29(22)34)40-16-28(44)37-50(40,48)49)39-11-9-18(10-12-39)19-3-6-23-25(14-19)38(2)33(47)41(23)24-7-8-27(43)36-32(24)46/h3-6,13-15,17-18,24,42H,7-12,16H2,1-2H3,(H,35,45)(H,37,44)(H,36,43,46)/t17-,24?/m0/s1. The minimum Gasteiger partial charge on any atom is -0.506 e. The van der Waals surface area contributed by atoms with Crippen LogP contribution in [0.2, 0.25) is 0 Å². The second-order valence-corrected chi connectivity index (χ2v) is 14.5. The number of hydrogen-bond donors (Lipinski definition) is 4. The molecule has 3 saturated heterocycles. The normalized spacial score (nSPS) is 20.7. The highest BCUT2D eigenvalue weighted by molar-refractivity contribution is 7.92. The summed E-state index contributed by atoms with van der Waals surface area (Å²) in [4.78, 5) is 64.3. The molecule has 7 rings (SSSR count). The Labute approximate surface area is 284 Å². The van der Waals surface area contributed by atoms with Crippen LogP contribution in [0.4, 0.5) is 15.8 Å². The average Bonchev–Trinajstić information content (AvgIpc) is 3.49. The summed E-state index contributed by atoms with van der Waals surface area (Å²) in [6.45, 7) is 2.38. The average molecular weight is 708 g/mol. The van der Waals surface area contributed by atoms with E-state index in [9.17, 15) is 37.5 Å². The lowest BCUT2D eigenvalue weighted by Gasteiger charge is -2.35. The number of likely N-dealkylation sites (tertiary alicyclic amines) is 1. The SMILES string of the molecule is C[C@@H](C(=O)Nc1ccc2c(F)c(N3CC(=O)NS3(=O)=O)c(O)cc2c1)N1CCC(c2ccc3c(c2)n(C)c(=O)n3C2CCC(=O)NC2=O)CC1. The zero-order valence-electron chi connectivity index (χ0n) is 27.1. The second kappa shape index (κ2) is 12.2. The molecule has 17 heteroatoms. The quantitative estimate of drug-likeness (QED) is 0.216. The van der Waals surface area contributed by atoms with Gasteiger partial charge in [-0.2, -0.15) is 8.42 Å². The summed E-state index contributed by atoms with van der Waals surface area (Å²) in [6.07, 6.45) is 1.94. The molecule has 3 fully saturated rings. The number of phenolic OH excluding ortho intramolecular Hbond substituents is 1. The third-order valence-electron chi connectivity index (χ3n) is 9.93. The zero-order valence-corrected chi connectivity index (χ0v) is 27.9. The van der Waals surface area contributed by atoms with Gasteiger partial charge in [0, 0.05) is 24.5 Å². The lowest BCUT2D eigenvalue weighted by molar-refractivity contribution is -0.135. The topological polar surface area (TPSA) is 192 Å². The maximum Gasteiger partial charge on any atom is 0.329 e. The van der Waals surface area contributed by atoms with E-state index in [1.807, 2.05) is 18.2 Å². The highest BCUT2D eigenvalue weighted by Crippen LogP contribution is 2.39. The van der Waals surface area contributed by atoms with E-state index >= 15 is 4.39 Å². The smallest absolute Gasteiger partial charge is 0.329 e. The number of nitrogens with zero attached hydrogens (tertiary/aromatic N) is 4. The monoisotopic (exact) mass is 707 g/mol. The molecule has 1 aromatic heterocycles. The molecule has 3 aliphatic heterocycles. The molecular formula is C33H34FN7O8S. The van der Waals surface area contributed by atoms with Crippen molar-refractivity contribution in [3.8, 4) is 5.75 Å². The lowest BCUT2D eigenvalue weighted by Crippen LogP contribution is -2.45. The van der Waals surface area contributed by atoms with E-state index in [1.54, 1.807) is 18.7 Å². The van der Waals surface area contributed by atoms with Crippen LogP contribution in [0, 0.1) is 5.82 Å². The van der Waals surface area contributed by atoms with Gasteiger partial charge in [0.05, 0.1) is 17.1 Å². The van der Waals surface area contributed by atoms with Crippen LogP contribution >= 0.6 is 0 Å². The fourth-order valence-electron chi connectivity index (χ4n) is 7.20. The van der Waals surface area contributed by atoms with E-state index in [-0.39, 0.29) is 47.0 Å². The van der Waals surface area contributed by atoms with Gasteiger partial charge in [-0.1, -0.05) is 6.07 Å². The Morgan fingerprint density at radius 1 is 1.00 bits per heavy atom. The van der Waals surface area contributed by atoms with E-state index in [0.717, 1.165) is 18.4 Å². The Bertz CT molecular complexity index is 2290. The molecule has 0 radical (unpaired) electrons. The number of phenols is 1. The van der Waals surface area contributed by atoms with Crippen LogP contribution in [0.3, 0.4) is 0 Å². The molecule has 4 heterocycles. The summed E-state index contributed by atoms with van der Waals surface area (Å²) in [5.41, 5.74) is 1.75. The molecule has 1 unspecified atom stereocenters. The maximum absolute atomic E-state index is 15.5. The summed E-state index contributed by atoms with van der Waals surface area (Å²) in [6, 6.07) is 10.0. The number of aryl methyl sites for hydroxylation is 1. The van der Waals surface area contributed by atoms with Gasteiger partial charge >= 0.3 is 15.9 Å². The highest BCUT2D eigenvalue weighted by Gasteiger charge is 2.38. The number of carbonyl (C=O) groups excluding carboxylic acids is 4. The number of halogens is 1. The molecule has 2 atom stereocenters. The first-order valence-corrected chi connectivity index (χ1v) is 17.6. The predicted molar refractivity (Wildman–Crippen MR) is 180 cm³/mol. The highest BCUT2D eigenvalue weighted by atomic mass is 32.2. The molecule has 4 amide bonds. The van der Waals surface area contributed by atoms with E-state index in [0.29, 0.717) is 34.1 Å². The summed E-state index contributed by atoms with van der Waals surface area (Å²) < 4.78 is 45.1. The molecular weight excluding hydrogens is 673 g/mol. The van der Waals surface area contributed by atoms with Crippen molar-refractivity contribution in [2.24, 2.45) is 7.05 Å². The van der Waals surface area contributed by atoms with Crippen LogP contribution in [0.25, 0.3) is 21.8 Å². The van der Waals surface area contributed by atoms with Gasteiger partial charge in [0.25, 0.3) is 5.91 Å². The number of amides is 4. The number of benzene rings is 3. The molecule has 3 aromatic carbocycles. The number of hydrogen-bond acceptors (Lipinski definition) is 9. The summed E-state index contributed by atoms with van der Waals surface area (Å²) in [5, 5.41) is 15.9. The van der Waals surface area contributed by atoms with E-state index in [1.165, 1.54) is 33.4 Å². The van der Waals surface area contributed by atoms with E-state index in [4.69, 9.17) is 0 Å². The molecule has 15 nitrogen and oxygen atoms in total. The first-order chi connectivity index (χ1) is 23.7. The van der Waals surface area contributed by atoms with Crippen molar-refractivity contribution >= 4 is 67.0 Å². The van der Waals surface area contributed by atoms with Crippen molar-refractivity contribution in [1.82, 2.24) is 24.1 Å². The Hall–Kier alpha value is -5.29. The van der Waals surface area contributed by atoms with Crippen LogP contribution in [0.5, 0.6) is 5.75 Å². The van der Waals surface area contributed by atoms with E-state index < -0.39 is 57.9 Å². The van der Waals surface area contributed by atoms with Gasteiger partial charge in [0.15, 0.2) is 5.82 Å². The minimum atomic E-state index is -4.35. The molecule has 3 aliphatic rings. The van der Waals surface area contributed by atoms with Gasteiger partial charge in [-0.15, -0.1) is 0 Å². The van der Waals surface area contributed by atoms with Crippen molar-refractivity contribution in [2.45, 2.75) is 50.6 Å². The Kier molecular flexibility index (Phi) is 8.13. The fraction of sp³-hybridized carbons (Fsp3) is 0.364. The summed E-state index contributed by atoms with van der Waals surface area (Å²) in [7, 11) is -2.69. The predicted octanol–water partition coefficient (Wildman–Crippen LogP) is 1.70. The number of piperidine rings is 2. The van der Waals surface area contributed by atoms with Crippen molar-refractivity contribution < 1.29 is 37.1 Å². The Morgan fingerprint density at radius 3 is 2.42 bits per heavy atom. The molecule has 50 heavy (non-hydrogen) atoms. The van der Waals surface area contributed by atoms with Gasteiger partial charge in [-0.05, 0) is 92.5 Å². The third kappa shape index (κ3) is 5.65. The number of carbonyl (C=O) groups is 4. The van der Waals surface area contributed by atoms with Crippen molar-refractivity contribution in [1.29, 1.82) is 0 Å². The second-order valence-electron chi connectivity index (χ2n) is 12.9.